The predicted molar refractivity (Wildman–Crippen MR) is 96.7 cm³/mol. The molecule has 3 N–H and O–H groups in total. The fraction of sp³-hybridized carbons (Fsp3) is 0.824. The summed E-state index contributed by atoms with van der Waals surface area (Å²) in [6.07, 6.45) is 1.90. The van der Waals surface area contributed by atoms with Gasteiger partial charge in [-0.1, -0.05) is 0 Å². The van der Waals surface area contributed by atoms with E-state index in [9.17, 15) is 14.4 Å². The van der Waals surface area contributed by atoms with Crippen molar-refractivity contribution in [1.82, 2.24) is 16.0 Å². The van der Waals surface area contributed by atoms with E-state index in [1.807, 2.05) is 0 Å². The van der Waals surface area contributed by atoms with Crippen molar-refractivity contribution in [3.05, 3.63) is 0 Å². The fourth-order valence-corrected chi connectivity index (χ4v) is 1.82. The van der Waals surface area contributed by atoms with Crippen LogP contribution in [0.25, 0.3) is 0 Å². The number of carbonyl (C=O) groups is 3. The van der Waals surface area contributed by atoms with Crippen molar-refractivity contribution in [2.75, 3.05) is 59.8 Å². The van der Waals surface area contributed by atoms with Crippen LogP contribution in [-0.2, 0) is 28.6 Å². The topological polar surface area (TPSA) is 115 Å². The van der Waals surface area contributed by atoms with Crippen LogP contribution in [0.4, 0.5) is 0 Å². The Balaban J connectivity index is 3.16. The standard InChI is InChI=1S/C17H33N3O6/c1-15(21)19-7-3-9-24-11-13-26-14-12-25-10-4-8-20-17(23)6-5-16(22)18-2/h3-14H2,1-2H3,(H,18,22)(H,19,21)(H,20,23). The van der Waals surface area contributed by atoms with Gasteiger partial charge in [0.2, 0.25) is 17.7 Å². The summed E-state index contributed by atoms with van der Waals surface area (Å²) in [5, 5.41) is 7.91. The Hall–Kier alpha value is -1.71. The first-order valence-corrected chi connectivity index (χ1v) is 9.01. The van der Waals surface area contributed by atoms with Crippen LogP contribution in [0.2, 0.25) is 0 Å². The number of carbonyl (C=O) groups excluding carboxylic acids is 3. The number of nitrogens with one attached hydrogen (secondary N) is 3. The van der Waals surface area contributed by atoms with E-state index < -0.39 is 0 Å². The molecule has 0 unspecified atom stereocenters. The Morgan fingerprint density at radius 1 is 0.692 bits per heavy atom. The van der Waals surface area contributed by atoms with Crippen molar-refractivity contribution in [2.24, 2.45) is 0 Å². The normalized spacial score (nSPS) is 10.4. The average molecular weight is 375 g/mol. The summed E-state index contributed by atoms with van der Waals surface area (Å²) in [6.45, 7) is 5.78. The lowest BCUT2D eigenvalue weighted by Crippen LogP contribution is -2.27. The van der Waals surface area contributed by atoms with Crippen molar-refractivity contribution in [3.8, 4) is 0 Å². The fourth-order valence-electron chi connectivity index (χ4n) is 1.82. The molecular formula is C17H33N3O6. The highest BCUT2D eigenvalue weighted by atomic mass is 16.5. The highest BCUT2D eigenvalue weighted by molar-refractivity contribution is 5.83. The van der Waals surface area contributed by atoms with Gasteiger partial charge in [-0.2, -0.15) is 0 Å². The molecule has 26 heavy (non-hydrogen) atoms. The summed E-state index contributed by atoms with van der Waals surface area (Å²) in [6, 6.07) is 0. The predicted octanol–water partition coefficient (Wildman–Crippen LogP) is -0.405. The molecule has 0 radical (unpaired) electrons. The van der Waals surface area contributed by atoms with Crippen molar-refractivity contribution >= 4 is 17.7 Å². The summed E-state index contributed by atoms with van der Waals surface area (Å²) in [5.74, 6) is -0.301. The van der Waals surface area contributed by atoms with Crippen LogP contribution in [0.5, 0.6) is 0 Å². The maximum atomic E-state index is 11.4. The second kappa shape index (κ2) is 18.1. The van der Waals surface area contributed by atoms with Crippen LogP contribution in [0, 0.1) is 0 Å². The van der Waals surface area contributed by atoms with Crippen molar-refractivity contribution in [3.63, 3.8) is 0 Å². The van der Waals surface area contributed by atoms with Gasteiger partial charge in [0.05, 0.1) is 26.4 Å². The van der Waals surface area contributed by atoms with E-state index in [1.165, 1.54) is 6.92 Å². The van der Waals surface area contributed by atoms with Gasteiger partial charge in [-0.3, -0.25) is 14.4 Å². The highest BCUT2D eigenvalue weighted by Crippen LogP contribution is 1.90. The molecule has 0 rings (SSSR count). The largest absolute Gasteiger partial charge is 0.379 e. The van der Waals surface area contributed by atoms with Gasteiger partial charge in [0.15, 0.2) is 0 Å². The van der Waals surface area contributed by atoms with Crippen molar-refractivity contribution < 1.29 is 28.6 Å². The van der Waals surface area contributed by atoms with Crippen molar-refractivity contribution in [1.29, 1.82) is 0 Å². The molecule has 0 fully saturated rings. The van der Waals surface area contributed by atoms with Crippen LogP contribution < -0.4 is 16.0 Å². The maximum Gasteiger partial charge on any atom is 0.220 e. The molecular weight excluding hydrogens is 342 g/mol. The zero-order valence-electron chi connectivity index (χ0n) is 15.9. The third-order valence-corrected chi connectivity index (χ3v) is 3.23. The molecule has 0 bridgehead atoms. The molecule has 0 aliphatic heterocycles. The first kappa shape index (κ1) is 24.3. The van der Waals surface area contributed by atoms with E-state index in [0.717, 1.165) is 6.42 Å². The lowest BCUT2D eigenvalue weighted by molar-refractivity contribution is -0.126. The highest BCUT2D eigenvalue weighted by Gasteiger charge is 2.04. The molecule has 0 aliphatic rings. The summed E-state index contributed by atoms with van der Waals surface area (Å²) in [7, 11) is 1.55. The third-order valence-electron chi connectivity index (χ3n) is 3.23. The third kappa shape index (κ3) is 18.6. The summed E-state index contributed by atoms with van der Waals surface area (Å²) in [4.78, 5) is 33.1. The Morgan fingerprint density at radius 3 is 1.65 bits per heavy atom. The zero-order valence-corrected chi connectivity index (χ0v) is 15.9. The minimum Gasteiger partial charge on any atom is -0.379 e. The lowest BCUT2D eigenvalue weighted by atomic mass is 10.3. The second-order valence-corrected chi connectivity index (χ2v) is 5.55. The summed E-state index contributed by atoms with van der Waals surface area (Å²) < 4.78 is 16.1. The van der Waals surface area contributed by atoms with Gasteiger partial charge in [0.25, 0.3) is 0 Å². The van der Waals surface area contributed by atoms with Crippen LogP contribution in [0.3, 0.4) is 0 Å². The quantitative estimate of drug-likeness (QED) is 0.298. The Bertz CT molecular complexity index is 393. The molecule has 0 aliphatic carbocycles. The summed E-state index contributed by atoms with van der Waals surface area (Å²) in [5.41, 5.74) is 0. The number of hydrogen-bond acceptors (Lipinski definition) is 6. The Morgan fingerprint density at radius 2 is 1.15 bits per heavy atom. The average Bonchev–Trinajstić information content (AvgIpc) is 2.62. The number of rotatable bonds is 17. The van der Waals surface area contributed by atoms with Crippen LogP contribution in [0.15, 0.2) is 0 Å². The molecule has 3 amide bonds. The van der Waals surface area contributed by atoms with Crippen LogP contribution >= 0.6 is 0 Å². The molecule has 0 aromatic rings. The van der Waals surface area contributed by atoms with Gasteiger partial charge in [0.1, 0.15) is 0 Å². The smallest absolute Gasteiger partial charge is 0.220 e. The number of ether oxygens (including phenoxy) is 3. The number of amides is 3. The molecule has 9 nitrogen and oxygen atoms in total. The van der Waals surface area contributed by atoms with E-state index in [-0.39, 0.29) is 30.6 Å². The molecule has 0 spiro atoms. The molecule has 0 aromatic carbocycles. The molecule has 0 atom stereocenters. The van der Waals surface area contributed by atoms with E-state index in [2.05, 4.69) is 16.0 Å². The lowest BCUT2D eigenvalue weighted by Gasteiger charge is -2.08. The zero-order chi connectivity index (χ0) is 19.5. The molecule has 0 aromatic heterocycles. The Kier molecular flexibility index (Phi) is 16.9. The Labute approximate surface area is 155 Å². The molecule has 152 valence electrons. The van der Waals surface area contributed by atoms with E-state index in [1.54, 1.807) is 7.05 Å². The van der Waals surface area contributed by atoms with Gasteiger partial charge in [-0.15, -0.1) is 0 Å². The first-order valence-electron chi connectivity index (χ1n) is 9.01. The van der Waals surface area contributed by atoms with E-state index >= 15 is 0 Å². The first-order chi connectivity index (χ1) is 12.6. The van der Waals surface area contributed by atoms with Gasteiger partial charge in [-0.25, -0.2) is 0 Å². The SMILES string of the molecule is CNC(=O)CCC(=O)NCCCOCCOCCOCCCNC(C)=O. The molecule has 0 saturated carbocycles. The second-order valence-electron chi connectivity index (χ2n) is 5.55. The van der Waals surface area contributed by atoms with Gasteiger partial charge in [0, 0.05) is 53.1 Å². The summed E-state index contributed by atoms with van der Waals surface area (Å²) >= 11 is 0. The molecule has 0 heterocycles. The van der Waals surface area contributed by atoms with E-state index in [0.29, 0.717) is 59.2 Å². The minimum absolute atomic E-state index is 0.0308. The maximum absolute atomic E-state index is 11.4. The van der Waals surface area contributed by atoms with Crippen LogP contribution in [-0.4, -0.2) is 77.5 Å². The van der Waals surface area contributed by atoms with Gasteiger partial charge in [-0.05, 0) is 12.8 Å². The van der Waals surface area contributed by atoms with Crippen molar-refractivity contribution in [2.45, 2.75) is 32.6 Å². The number of hydrogen-bond donors (Lipinski definition) is 3. The molecule has 9 heteroatoms. The minimum atomic E-state index is -0.140. The van der Waals surface area contributed by atoms with Gasteiger partial charge >= 0.3 is 0 Å². The van der Waals surface area contributed by atoms with Gasteiger partial charge < -0.3 is 30.2 Å². The monoisotopic (exact) mass is 375 g/mol. The molecule has 0 saturated heterocycles. The van der Waals surface area contributed by atoms with E-state index in [4.69, 9.17) is 14.2 Å². The van der Waals surface area contributed by atoms with Crippen LogP contribution in [0.1, 0.15) is 32.6 Å².